The Morgan fingerprint density at radius 3 is 2.25 bits per heavy atom. The first-order chi connectivity index (χ1) is 9.27. The van der Waals surface area contributed by atoms with Crippen molar-refractivity contribution in [3.05, 3.63) is 66.1 Å². The molecule has 0 spiro atoms. The van der Waals surface area contributed by atoms with Crippen molar-refractivity contribution in [1.29, 1.82) is 0 Å². The average Bonchev–Trinajstić information content (AvgIpc) is 2.94. The minimum Gasteiger partial charge on any atom is -0.445 e. The molecule has 1 aromatic heterocycles. The SMILES string of the molecule is Cc1ccccc1-c1cccc(-c2ncco2)c1C.[N]. The Morgan fingerprint density at radius 1 is 0.850 bits per heavy atom. The zero-order valence-electron chi connectivity index (χ0n) is 11.5. The molecular weight excluding hydrogens is 248 g/mol. The Hall–Kier alpha value is -2.39. The third kappa shape index (κ3) is 2.36. The van der Waals surface area contributed by atoms with Gasteiger partial charge in [0.25, 0.3) is 0 Å². The second kappa shape index (κ2) is 5.72. The summed E-state index contributed by atoms with van der Waals surface area (Å²) in [6.07, 6.45) is 3.28. The minimum atomic E-state index is 0. The van der Waals surface area contributed by atoms with Gasteiger partial charge in [0.2, 0.25) is 5.89 Å². The van der Waals surface area contributed by atoms with E-state index in [-0.39, 0.29) is 6.15 Å². The van der Waals surface area contributed by atoms with Crippen molar-refractivity contribution in [2.75, 3.05) is 0 Å². The van der Waals surface area contributed by atoms with Gasteiger partial charge in [0, 0.05) is 11.7 Å². The van der Waals surface area contributed by atoms with Gasteiger partial charge in [-0.15, -0.1) is 0 Å². The molecule has 0 N–H and O–H groups in total. The summed E-state index contributed by atoms with van der Waals surface area (Å²) in [5.41, 5.74) is 6.00. The molecular formula is C17H15N2O. The predicted octanol–water partition coefficient (Wildman–Crippen LogP) is 4.14. The quantitative estimate of drug-likeness (QED) is 0.697. The second-order valence-electron chi connectivity index (χ2n) is 4.63. The first kappa shape index (κ1) is 14.0. The fourth-order valence-electron chi connectivity index (χ4n) is 2.39. The van der Waals surface area contributed by atoms with Crippen molar-refractivity contribution in [2.45, 2.75) is 13.8 Å². The van der Waals surface area contributed by atoms with Crippen molar-refractivity contribution < 1.29 is 4.42 Å². The van der Waals surface area contributed by atoms with Gasteiger partial charge < -0.3 is 4.42 Å². The molecule has 0 saturated carbocycles. The summed E-state index contributed by atoms with van der Waals surface area (Å²) >= 11 is 0. The number of aromatic nitrogens is 1. The molecule has 3 nitrogen and oxygen atoms in total. The monoisotopic (exact) mass is 263 g/mol. The van der Waals surface area contributed by atoms with Gasteiger partial charge in [0.05, 0.1) is 6.20 Å². The lowest BCUT2D eigenvalue weighted by Crippen LogP contribution is -1.90. The Kier molecular flexibility index (Phi) is 4.01. The van der Waals surface area contributed by atoms with E-state index in [1.54, 1.807) is 12.5 Å². The lowest BCUT2D eigenvalue weighted by molar-refractivity contribution is 0.574. The van der Waals surface area contributed by atoms with Crippen LogP contribution >= 0.6 is 0 Å². The zero-order valence-corrected chi connectivity index (χ0v) is 11.5. The number of oxazole rings is 1. The van der Waals surface area contributed by atoms with Crippen LogP contribution < -0.4 is 6.15 Å². The summed E-state index contributed by atoms with van der Waals surface area (Å²) in [5, 5.41) is 0. The molecule has 3 rings (SSSR count). The van der Waals surface area contributed by atoms with E-state index in [9.17, 15) is 0 Å². The fourth-order valence-corrected chi connectivity index (χ4v) is 2.39. The molecule has 3 radical (unpaired) electrons. The molecule has 0 unspecified atom stereocenters. The Balaban J connectivity index is 0.00000147. The minimum absolute atomic E-state index is 0. The van der Waals surface area contributed by atoms with Crippen LogP contribution in [0.25, 0.3) is 22.6 Å². The lowest BCUT2D eigenvalue weighted by Gasteiger charge is -2.11. The highest BCUT2D eigenvalue weighted by Gasteiger charge is 2.11. The van der Waals surface area contributed by atoms with E-state index in [0.29, 0.717) is 5.89 Å². The van der Waals surface area contributed by atoms with Gasteiger partial charge in [0.1, 0.15) is 6.26 Å². The molecule has 0 aliphatic rings. The molecule has 20 heavy (non-hydrogen) atoms. The van der Waals surface area contributed by atoms with Crippen molar-refractivity contribution >= 4 is 0 Å². The van der Waals surface area contributed by atoms with Gasteiger partial charge >= 0.3 is 0 Å². The summed E-state index contributed by atoms with van der Waals surface area (Å²) in [7, 11) is 0. The highest BCUT2D eigenvalue weighted by atomic mass is 16.3. The molecule has 0 aliphatic carbocycles. The Labute approximate surface area is 118 Å². The van der Waals surface area contributed by atoms with Crippen LogP contribution in [0.4, 0.5) is 0 Å². The van der Waals surface area contributed by atoms with Crippen LogP contribution in [0.15, 0.2) is 59.3 Å². The molecule has 0 atom stereocenters. The van der Waals surface area contributed by atoms with Crippen molar-refractivity contribution in [1.82, 2.24) is 11.1 Å². The number of nitrogens with zero attached hydrogens (tertiary/aromatic N) is 2. The highest BCUT2D eigenvalue weighted by Crippen LogP contribution is 2.32. The largest absolute Gasteiger partial charge is 0.445 e. The standard InChI is InChI=1S/C17H15NO.N/c1-12-6-3-4-7-14(12)15-8-5-9-16(13(15)2)17-18-10-11-19-17;/h3-11H,1-2H3;. The Bertz CT molecular complexity index is 703. The van der Waals surface area contributed by atoms with E-state index in [2.05, 4.69) is 49.2 Å². The zero-order chi connectivity index (χ0) is 13.2. The molecule has 0 aliphatic heterocycles. The molecule has 3 heteroatoms. The van der Waals surface area contributed by atoms with Crippen molar-refractivity contribution in [3.8, 4) is 22.6 Å². The smallest absolute Gasteiger partial charge is 0.226 e. The molecule has 99 valence electrons. The average molecular weight is 263 g/mol. The van der Waals surface area contributed by atoms with Gasteiger partial charge in [-0.1, -0.05) is 36.4 Å². The van der Waals surface area contributed by atoms with E-state index < -0.39 is 0 Å². The van der Waals surface area contributed by atoms with E-state index in [4.69, 9.17) is 4.42 Å². The van der Waals surface area contributed by atoms with Crippen LogP contribution in [0.1, 0.15) is 11.1 Å². The molecule has 1 heterocycles. The maximum atomic E-state index is 5.41. The normalized spacial score (nSPS) is 10.1. The number of hydrogen-bond acceptors (Lipinski definition) is 2. The third-order valence-electron chi connectivity index (χ3n) is 3.43. The topological polar surface area (TPSA) is 56.5 Å². The number of aryl methyl sites for hydroxylation is 1. The van der Waals surface area contributed by atoms with E-state index >= 15 is 0 Å². The van der Waals surface area contributed by atoms with E-state index in [1.807, 2.05) is 12.1 Å². The molecule has 2 aromatic carbocycles. The summed E-state index contributed by atoms with van der Waals surface area (Å²) in [6.45, 7) is 4.24. The van der Waals surface area contributed by atoms with E-state index in [1.165, 1.54) is 22.3 Å². The summed E-state index contributed by atoms with van der Waals surface area (Å²) in [6, 6.07) is 14.6. The summed E-state index contributed by atoms with van der Waals surface area (Å²) in [4.78, 5) is 4.24. The third-order valence-corrected chi connectivity index (χ3v) is 3.43. The van der Waals surface area contributed by atoms with Crippen molar-refractivity contribution in [3.63, 3.8) is 0 Å². The second-order valence-corrected chi connectivity index (χ2v) is 4.63. The van der Waals surface area contributed by atoms with E-state index in [0.717, 1.165) is 5.56 Å². The van der Waals surface area contributed by atoms with Crippen LogP contribution in [0.2, 0.25) is 0 Å². The maximum Gasteiger partial charge on any atom is 0.226 e. The van der Waals surface area contributed by atoms with Crippen LogP contribution in [-0.4, -0.2) is 4.98 Å². The van der Waals surface area contributed by atoms with Crippen LogP contribution in [-0.2, 0) is 0 Å². The van der Waals surface area contributed by atoms with Gasteiger partial charge in [-0.05, 0) is 42.2 Å². The summed E-state index contributed by atoms with van der Waals surface area (Å²) in [5.74, 6) is 0.674. The predicted molar refractivity (Wildman–Crippen MR) is 79.0 cm³/mol. The number of hydrogen-bond donors (Lipinski definition) is 0. The lowest BCUT2D eigenvalue weighted by atomic mass is 9.94. The van der Waals surface area contributed by atoms with Gasteiger partial charge in [-0.3, -0.25) is 0 Å². The molecule has 0 fully saturated rings. The number of rotatable bonds is 2. The van der Waals surface area contributed by atoms with Gasteiger partial charge in [0.15, 0.2) is 0 Å². The first-order valence-electron chi connectivity index (χ1n) is 6.33. The van der Waals surface area contributed by atoms with Crippen LogP contribution in [0.3, 0.4) is 0 Å². The first-order valence-corrected chi connectivity index (χ1v) is 6.33. The maximum absolute atomic E-state index is 5.41. The van der Waals surface area contributed by atoms with Gasteiger partial charge in [-0.2, -0.15) is 0 Å². The van der Waals surface area contributed by atoms with Gasteiger partial charge in [-0.25, -0.2) is 4.98 Å². The van der Waals surface area contributed by atoms with Crippen LogP contribution in [0.5, 0.6) is 0 Å². The Morgan fingerprint density at radius 2 is 1.55 bits per heavy atom. The molecule has 3 aromatic rings. The molecule has 0 bridgehead atoms. The fraction of sp³-hybridized carbons (Fsp3) is 0.118. The molecule has 0 amide bonds. The highest BCUT2D eigenvalue weighted by molar-refractivity contribution is 5.76. The number of benzene rings is 2. The summed E-state index contributed by atoms with van der Waals surface area (Å²) < 4.78 is 5.41. The van der Waals surface area contributed by atoms with Crippen LogP contribution in [0, 0.1) is 13.8 Å². The molecule has 0 saturated heterocycles. The van der Waals surface area contributed by atoms with Crippen molar-refractivity contribution in [2.24, 2.45) is 0 Å².